The van der Waals surface area contributed by atoms with Crippen LogP contribution in [0.1, 0.15) is 5.56 Å². The molecule has 0 saturated carbocycles. The van der Waals surface area contributed by atoms with Crippen LogP contribution in [0, 0.1) is 0 Å². The van der Waals surface area contributed by atoms with Gasteiger partial charge in [-0.05, 0) is 11.6 Å². The van der Waals surface area contributed by atoms with Crippen LogP contribution in [0.3, 0.4) is 0 Å². The molecule has 1 heterocycles. The van der Waals surface area contributed by atoms with Gasteiger partial charge in [0, 0.05) is 18.7 Å². The van der Waals surface area contributed by atoms with E-state index in [0.29, 0.717) is 5.88 Å². The highest BCUT2D eigenvalue weighted by atomic mass is 16.7. The Labute approximate surface area is 116 Å². The summed E-state index contributed by atoms with van der Waals surface area (Å²) in [6.07, 6.45) is 0.0185. The van der Waals surface area contributed by atoms with E-state index in [0.717, 1.165) is 16.8 Å². The summed E-state index contributed by atoms with van der Waals surface area (Å²) in [6.45, 7) is 0.147. The molecule has 0 spiro atoms. The molecule has 2 rings (SSSR count). The summed E-state index contributed by atoms with van der Waals surface area (Å²) in [6, 6.07) is 12.7. The first-order valence-corrected chi connectivity index (χ1v) is 6.09. The molecule has 0 aliphatic heterocycles. The standard InChI is InChI=1S/C15H15NO4/c1-19-10-20-14-4-2-3-13(16-14)12-7-5-11(6-8-12)9-15(17)18/h2-8H,9-10H2,1H3,(H,17,18). The maximum absolute atomic E-state index is 10.6. The summed E-state index contributed by atoms with van der Waals surface area (Å²) in [7, 11) is 1.55. The van der Waals surface area contributed by atoms with Crippen molar-refractivity contribution in [2.75, 3.05) is 13.9 Å². The number of hydrogen-bond acceptors (Lipinski definition) is 4. The van der Waals surface area contributed by atoms with Crippen molar-refractivity contribution in [3.05, 3.63) is 48.0 Å². The Hall–Kier alpha value is -2.40. The van der Waals surface area contributed by atoms with Crippen molar-refractivity contribution >= 4 is 5.97 Å². The number of benzene rings is 1. The number of carboxylic acids is 1. The minimum Gasteiger partial charge on any atom is -0.481 e. The molecule has 2 aromatic rings. The number of methoxy groups -OCH3 is 1. The Morgan fingerprint density at radius 1 is 1.20 bits per heavy atom. The fraction of sp³-hybridized carbons (Fsp3) is 0.200. The molecule has 0 aliphatic carbocycles. The number of hydrogen-bond donors (Lipinski definition) is 1. The predicted molar refractivity (Wildman–Crippen MR) is 73.5 cm³/mol. The van der Waals surface area contributed by atoms with Gasteiger partial charge in [-0.15, -0.1) is 0 Å². The molecular weight excluding hydrogens is 258 g/mol. The second kappa shape index (κ2) is 6.68. The van der Waals surface area contributed by atoms with Crippen molar-refractivity contribution in [3.8, 4) is 17.1 Å². The van der Waals surface area contributed by atoms with E-state index in [-0.39, 0.29) is 13.2 Å². The van der Waals surface area contributed by atoms with E-state index in [1.807, 2.05) is 24.3 Å². The fourth-order valence-electron chi connectivity index (χ4n) is 1.74. The molecular formula is C15H15NO4. The second-order valence-electron chi connectivity index (χ2n) is 4.18. The SMILES string of the molecule is COCOc1cccc(-c2ccc(CC(=O)O)cc2)n1. The topological polar surface area (TPSA) is 68.7 Å². The zero-order valence-electron chi connectivity index (χ0n) is 11.1. The Balaban J connectivity index is 2.16. The molecule has 1 aromatic heterocycles. The van der Waals surface area contributed by atoms with Crippen molar-refractivity contribution in [1.29, 1.82) is 0 Å². The van der Waals surface area contributed by atoms with Gasteiger partial charge in [-0.1, -0.05) is 30.3 Å². The maximum Gasteiger partial charge on any atom is 0.307 e. The van der Waals surface area contributed by atoms with E-state index in [2.05, 4.69) is 4.98 Å². The van der Waals surface area contributed by atoms with Gasteiger partial charge in [0.1, 0.15) is 0 Å². The number of aromatic nitrogens is 1. The van der Waals surface area contributed by atoms with Crippen LogP contribution in [-0.4, -0.2) is 30.0 Å². The second-order valence-corrected chi connectivity index (χ2v) is 4.18. The molecule has 0 radical (unpaired) electrons. The van der Waals surface area contributed by atoms with Gasteiger partial charge in [-0.2, -0.15) is 0 Å². The number of carboxylic acid groups (broad SMARTS) is 1. The van der Waals surface area contributed by atoms with E-state index in [1.165, 1.54) is 0 Å². The predicted octanol–water partition coefficient (Wildman–Crippen LogP) is 2.36. The summed E-state index contributed by atoms with van der Waals surface area (Å²) >= 11 is 0. The third-order valence-corrected chi connectivity index (χ3v) is 2.65. The van der Waals surface area contributed by atoms with Gasteiger partial charge in [0.15, 0.2) is 6.79 Å². The van der Waals surface area contributed by atoms with Gasteiger partial charge in [-0.3, -0.25) is 4.79 Å². The molecule has 20 heavy (non-hydrogen) atoms. The highest BCUT2D eigenvalue weighted by Gasteiger charge is 2.04. The highest BCUT2D eigenvalue weighted by Crippen LogP contribution is 2.20. The molecule has 5 heteroatoms. The van der Waals surface area contributed by atoms with Crippen LogP contribution in [0.25, 0.3) is 11.3 Å². The van der Waals surface area contributed by atoms with E-state index in [1.54, 1.807) is 25.3 Å². The average Bonchev–Trinajstić information content (AvgIpc) is 2.45. The Morgan fingerprint density at radius 2 is 1.95 bits per heavy atom. The van der Waals surface area contributed by atoms with Gasteiger partial charge in [0.2, 0.25) is 5.88 Å². The summed E-state index contributed by atoms with van der Waals surface area (Å²) in [5, 5.41) is 8.73. The smallest absolute Gasteiger partial charge is 0.307 e. The molecule has 0 aliphatic rings. The van der Waals surface area contributed by atoms with E-state index in [9.17, 15) is 4.79 Å². The van der Waals surface area contributed by atoms with Crippen LogP contribution in [0.4, 0.5) is 0 Å². The van der Waals surface area contributed by atoms with Gasteiger partial charge < -0.3 is 14.6 Å². The summed E-state index contributed by atoms with van der Waals surface area (Å²) in [5.41, 5.74) is 2.43. The normalized spacial score (nSPS) is 10.2. The zero-order chi connectivity index (χ0) is 14.4. The largest absolute Gasteiger partial charge is 0.481 e. The molecule has 1 N–H and O–H groups in total. The van der Waals surface area contributed by atoms with Crippen LogP contribution < -0.4 is 4.74 Å². The maximum atomic E-state index is 10.6. The summed E-state index contributed by atoms with van der Waals surface area (Å²) < 4.78 is 10.1. The number of ether oxygens (including phenoxy) is 2. The Morgan fingerprint density at radius 3 is 2.60 bits per heavy atom. The van der Waals surface area contributed by atoms with Crippen LogP contribution >= 0.6 is 0 Å². The monoisotopic (exact) mass is 273 g/mol. The molecule has 104 valence electrons. The first-order valence-electron chi connectivity index (χ1n) is 6.09. The molecule has 0 bridgehead atoms. The molecule has 0 fully saturated rings. The minimum absolute atomic E-state index is 0.0185. The van der Waals surface area contributed by atoms with Crippen LogP contribution in [0.15, 0.2) is 42.5 Å². The van der Waals surface area contributed by atoms with Crippen molar-refractivity contribution in [3.63, 3.8) is 0 Å². The molecule has 0 atom stereocenters. The molecule has 0 amide bonds. The van der Waals surface area contributed by atoms with Crippen molar-refractivity contribution in [2.24, 2.45) is 0 Å². The third-order valence-electron chi connectivity index (χ3n) is 2.65. The Kier molecular flexibility index (Phi) is 4.68. The molecule has 0 saturated heterocycles. The van der Waals surface area contributed by atoms with Crippen molar-refractivity contribution < 1.29 is 19.4 Å². The molecule has 0 unspecified atom stereocenters. The van der Waals surface area contributed by atoms with Crippen LogP contribution in [-0.2, 0) is 16.0 Å². The molecule has 5 nitrogen and oxygen atoms in total. The van der Waals surface area contributed by atoms with Crippen LogP contribution in [0.2, 0.25) is 0 Å². The number of carbonyl (C=O) groups is 1. The van der Waals surface area contributed by atoms with Crippen molar-refractivity contribution in [2.45, 2.75) is 6.42 Å². The first kappa shape index (κ1) is 14.0. The summed E-state index contributed by atoms with van der Waals surface area (Å²) in [4.78, 5) is 15.0. The van der Waals surface area contributed by atoms with Gasteiger partial charge >= 0.3 is 5.97 Å². The minimum atomic E-state index is -0.842. The zero-order valence-corrected chi connectivity index (χ0v) is 11.1. The van der Waals surface area contributed by atoms with E-state index >= 15 is 0 Å². The lowest BCUT2D eigenvalue weighted by Crippen LogP contribution is -2.01. The quantitative estimate of drug-likeness (QED) is 0.818. The van der Waals surface area contributed by atoms with Crippen LogP contribution in [0.5, 0.6) is 5.88 Å². The number of rotatable bonds is 6. The van der Waals surface area contributed by atoms with E-state index in [4.69, 9.17) is 14.6 Å². The third kappa shape index (κ3) is 3.80. The van der Waals surface area contributed by atoms with Gasteiger partial charge in [0.05, 0.1) is 12.1 Å². The number of pyridine rings is 1. The summed E-state index contributed by atoms with van der Waals surface area (Å²) in [5.74, 6) is -0.357. The number of aliphatic carboxylic acids is 1. The Bertz CT molecular complexity index is 581. The number of nitrogens with zero attached hydrogens (tertiary/aromatic N) is 1. The first-order chi connectivity index (χ1) is 9.69. The lowest BCUT2D eigenvalue weighted by atomic mass is 10.1. The molecule has 1 aromatic carbocycles. The van der Waals surface area contributed by atoms with E-state index < -0.39 is 5.97 Å². The fourth-order valence-corrected chi connectivity index (χ4v) is 1.74. The van der Waals surface area contributed by atoms with Gasteiger partial charge in [-0.25, -0.2) is 4.98 Å². The highest BCUT2D eigenvalue weighted by molar-refractivity contribution is 5.70. The average molecular weight is 273 g/mol. The van der Waals surface area contributed by atoms with Gasteiger partial charge in [0.25, 0.3) is 0 Å². The lowest BCUT2D eigenvalue weighted by Gasteiger charge is -2.06. The van der Waals surface area contributed by atoms with Crippen molar-refractivity contribution in [1.82, 2.24) is 4.98 Å². The lowest BCUT2D eigenvalue weighted by molar-refractivity contribution is -0.136.